The van der Waals surface area contributed by atoms with Gasteiger partial charge in [-0.25, -0.2) is 0 Å². The van der Waals surface area contributed by atoms with E-state index in [-0.39, 0.29) is 13.2 Å². The molecule has 162 valence electrons. The van der Waals surface area contributed by atoms with Crippen molar-refractivity contribution in [2.75, 3.05) is 13.2 Å². The largest absolute Gasteiger partial charge is 0.490 e. The standard InChI is InChI=1S/C22H30N4O4/c1-15-8-17(3)25(23-15)11-19(27)13-29-21-6-5-7-22(10-21)30-14-20(28)12-26-18(4)9-16(2)24-26/h5-10,19-20,27-28H,11-14H2,1-4H3/p+2. The molecule has 30 heavy (non-hydrogen) atoms. The number of H-pyrrole nitrogens is 2. The number of aliphatic hydroxyl groups is 2. The summed E-state index contributed by atoms with van der Waals surface area (Å²) in [6, 6.07) is 11.3. The SMILES string of the molecule is Cc1cc(C)[n+](CC(O)COc2cccc(OCC(O)C[n+]3[nH]c(C)cc3C)c2)[nH]1. The first-order chi connectivity index (χ1) is 14.3. The Balaban J connectivity index is 1.47. The van der Waals surface area contributed by atoms with Crippen molar-refractivity contribution in [3.63, 3.8) is 0 Å². The predicted molar refractivity (Wildman–Crippen MR) is 110 cm³/mol. The molecule has 3 aromatic rings. The first kappa shape index (κ1) is 21.9. The van der Waals surface area contributed by atoms with Gasteiger partial charge in [0.25, 0.3) is 0 Å². The van der Waals surface area contributed by atoms with Crippen LogP contribution in [0.25, 0.3) is 0 Å². The van der Waals surface area contributed by atoms with E-state index < -0.39 is 12.2 Å². The normalized spacial score (nSPS) is 13.3. The molecule has 0 radical (unpaired) electrons. The molecule has 0 aliphatic rings. The van der Waals surface area contributed by atoms with Gasteiger partial charge in [-0.15, -0.1) is 9.36 Å². The molecule has 0 spiro atoms. The van der Waals surface area contributed by atoms with Crippen LogP contribution in [0.5, 0.6) is 11.5 Å². The molecule has 0 saturated carbocycles. The Labute approximate surface area is 176 Å². The Kier molecular flexibility index (Phi) is 7.12. The predicted octanol–water partition coefficient (Wildman–Crippen LogP) is 1.03. The number of aromatic amines is 2. The highest BCUT2D eigenvalue weighted by Crippen LogP contribution is 2.19. The number of aromatic nitrogens is 4. The Hall–Kier alpha value is -2.84. The van der Waals surface area contributed by atoms with Crippen LogP contribution in [0, 0.1) is 27.7 Å². The van der Waals surface area contributed by atoms with Gasteiger partial charge >= 0.3 is 0 Å². The molecule has 3 rings (SSSR count). The van der Waals surface area contributed by atoms with E-state index in [0.717, 1.165) is 22.8 Å². The van der Waals surface area contributed by atoms with Crippen LogP contribution in [0.15, 0.2) is 36.4 Å². The molecular formula is C22H32N4O4+2. The number of hydrogen-bond donors (Lipinski definition) is 4. The lowest BCUT2D eigenvalue weighted by atomic mass is 10.3. The molecule has 0 amide bonds. The minimum Gasteiger partial charge on any atom is -0.490 e. The molecule has 0 aliphatic carbocycles. The Morgan fingerprint density at radius 2 is 1.20 bits per heavy atom. The highest BCUT2D eigenvalue weighted by Gasteiger charge is 2.18. The first-order valence-electron chi connectivity index (χ1n) is 10.1. The molecule has 8 heteroatoms. The molecule has 4 N–H and O–H groups in total. The highest BCUT2D eigenvalue weighted by atomic mass is 16.5. The zero-order valence-electron chi connectivity index (χ0n) is 18.1. The topological polar surface area (TPSA) is 98.3 Å². The number of nitrogens with one attached hydrogen (secondary N) is 2. The number of aliphatic hydroxyl groups excluding tert-OH is 2. The monoisotopic (exact) mass is 416 g/mol. The van der Waals surface area contributed by atoms with Crippen LogP contribution >= 0.6 is 0 Å². The summed E-state index contributed by atoms with van der Waals surface area (Å²) in [4.78, 5) is 0. The van der Waals surface area contributed by atoms with Gasteiger partial charge in [0.2, 0.25) is 24.5 Å². The van der Waals surface area contributed by atoms with Crippen molar-refractivity contribution < 1.29 is 29.1 Å². The molecule has 0 bridgehead atoms. The van der Waals surface area contributed by atoms with Gasteiger partial charge in [0.05, 0.1) is 11.4 Å². The summed E-state index contributed by atoms with van der Waals surface area (Å²) in [7, 11) is 0. The van der Waals surface area contributed by atoms with E-state index in [1.165, 1.54) is 0 Å². The van der Waals surface area contributed by atoms with Crippen molar-refractivity contribution in [3.05, 3.63) is 59.2 Å². The van der Waals surface area contributed by atoms with E-state index in [1.807, 2.05) is 67.4 Å². The van der Waals surface area contributed by atoms with E-state index in [0.29, 0.717) is 24.6 Å². The minimum atomic E-state index is -0.650. The van der Waals surface area contributed by atoms with Crippen molar-refractivity contribution in [1.29, 1.82) is 0 Å². The lowest BCUT2D eigenvalue weighted by Gasteiger charge is -2.12. The zero-order chi connectivity index (χ0) is 21.7. The number of rotatable bonds is 10. The molecule has 8 nitrogen and oxygen atoms in total. The second kappa shape index (κ2) is 9.77. The van der Waals surface area contributed by atoms with Crippen molar-refractivity contribution in [3.8, 4) is 11.5 Å². The second-order valence-electron chi connectivity index (χ2n) is 7.79. The average Bonchev–Trinajstić information content (AvgIpc) is 3.18. The molecule has 2 aromatic heterocycles. The van der Waals surface area contributed by atoms with E-state index in [4.69, 9.17) is 9.47 Å². The van der Waals surface area contributed by atoms with E-state index >= 15 is 0 Å². The van der Waals surface area contributed by atoms with Crippen LogP contribution in [-0.2, 0) is 13.1 Å². The fraction of sp³-hybridized carbons (Fsp3) is 0.455. The third-order valence-electron chi connectivity index (χ3n) is 4.80. The summed E-state index contributed by atoms with van der Waals surface area (Å²) < 4.78 is 15.2. The molecule has 1 aromatic carbocycles. The van der Waals surface area contributed by atoms with Crippen LogP contribution in [0.4, 0.5) is 0 Å². The van der Waals surface area contributed by atoms with Crippen molar-refractivity contribution in [2.45, 2.75) is 53.0 Å². The van der Waals surface area contributed by atoms with Crippen molar-refractivity contribution in [1.82, 2.24) is 10.2 Å². The van der Waals surface area contributed by atoms with Gasteiger partial charge < -0.3 is 19.7 Å². The summed E-state index contributed by atoms with van der Waals surface area (Å²) in [5.74, 6) is 1.21. The van der Waals surface area contributed by atoms with Crippen molar-refractivity contribution in [2.24, 2.45) is 0 Å². The number of benzene rings is 1. The van der Waals surface area contributed by atoms with Gasteiger partial charge in [-0.3, -0.25) is 0 Å². The molecule has 0 fully saturated rings. The molecule has 2 heterocycles. The third kappa shape index (κ3) is 6.08. The van der Waals surface area contributed by atoms with E-state index in [1.54, 1.807) is 6.07 Å². The highest BCUT2D eigenvalue weighted by molar-refractivity contribution is 5.32. The Morgan fingerprint density at radius 1 is 0.767 bits per heavy atom. The number of nitrogens with zero attached hydrogens (tertiary/aromatic N) is 2. The molecule has 0 saturated heterocycles. The maximum atomic E-state index is 10.3. The lowest BCUT2D eigenvalue weighted by molar-refractivity contribution is -0.761. The van der Waals surface area contributed by atoms with Crippen LogP contribution in [0.2, 0.25) is 0 Å². The summed E-state index contributed by atoms with van der Waals surface area (Å²) in [5.41, 5.74) is 4.21. The smallest absolute Gasteiger partial charge is 0.205 e. The fourth-order valence-corrected chi connectivity index (χ4v) is 3.39. The zero-order valence-corrected chi connectivity index (χ0v) is 18.1. The van der Waals surface area contributed by atoms with E-state index in [2.05, 4.69) is 10.2 Å². The van der Waals surface area contributed by atoms with Gasteiger partial charge in [0, 0.05) is 32.0 Å². The molecular weight excluding hydrogens is 384 g/mol. The van der Waals surface area contributed by atoms with Crippen molar-refractivity contribution >= 4 is 0 Å². The van der Waals surface area contributed by atoms with Crippen LogP contribution in [-0.4, -0.2) is 45.8 Å². The van der Waals surface area contributed by atoms with E-state index in [9.17, 15) is 10.2 Å². The molecule has 0 aliphatic heterocycles. The van der Waals surface area contributed by atoms with Gasteiger partial charge in [-0.05, 0) is 26.0 Å². The first-order valence-corrected chi connectivity index (χ1v) is 10.1. The molecule has 2 atom stereocenters. The summed E-state index contributed by atoms with van der Waals surface area (Å²) in [5, 5.41) is 26.9. The van der Waals surface area contributed by atoms with Crippen LogP contribution < -0.4 is 18.8 Å². The summed E-state index contributed by atoms with van der Waals surface area (Å²) in [6.45, 7) is 9.12. The summed E-state index contributed by atoms with van der Waals surface area (Å²) in [6.07, 6.45) is -1.30. The maximum absolute atomic E-state index is 10.3. The number of hydrogen-bond acceptors (Lipinski definition) is 4. The summed E-state index contributed by atoms with van der Waals surface area (Å²) >= 11 is 0. The van der Waals surface area contributed by atoms with Gasteiger partial charge in [0.1, 0.15) is 36.9 Å². The second-order valence-corrected chi connectivity index (χ2v) is 7.79. The maximum Gasteiger partial charge on any atom is 0.205 e. The Morgan fingerprint density at radius 3 is 1.57 bits per heavy atom. The fourth-order valence-electron chi connectivity index (χ4n) is 3.39. The van der Waals surface area contributed by atoms with Gasteiger partial charge in [0.15, 0.2) is 0 Å². The quantitative estimate of drug-likeness (QED) is 0.371. The minimum absolute atomic E-state index is 0.165. The number of ether oxygens (including phenoxy) is 2. The third-order valence-corrected chi connectivity index (χ3v) is 4.80. The van der Waals surface area contributed by atoms with Crippen LogP contribution in [0.1, 0.15) is 22.8 Å². The average molecular weight is 417 g/mol. The van der Waals surface area contributed by atoms with Gasteiger partial charge in [-0.1, -0.05) is 6.07 Å². The van der Waals surface area contributed by atoms with Crippen LogP contribution in [0.3, 0.4) is 0 Å². The lowest BCUT2D eigenvalue weighted by Crippen LogP contribution is -2.45. The number of aryl methyl sites for hydroxylation is 4. The Bertz CT molecular complexity index is 892. The van der Waals surface area contributed by atoms with Gasteiger partial charge in [-0.2, -0.15) is 10.2 Å². The molecule has 2 unspecified atom stereocenters.